The highest BCUT2D eigenvalue weighted by atomic mass is 16.5. The van der Waals surface area contributed by atoms with Crippen molar-refractivity contribution in [2.75, 3.05) is 26.7 Å². The number of hydrogen-bond donors (Lipinski definition) is 1. The number of carbonyl (C=O) groups excluding carboxylic acids is 1. The molecule has 2 saturated heterocycles. The summed E-state index contributed by atoms with van der Waals surface area (Å²) >= 11 is 0. The van der Waals surface area contributed by atoms with Gasteiger partial charge in [0.2, 0.25) is 5.91 Å². The number of hydrogen-bond acceptors (Lipinski definition) is 3. The van der Waals surface area contributed by atoms with Gasteiger partial charge in [0, 0.05) is 19.7 Å². The van der Waals surface area contributed by atoms with Crippen LogP contribution in [-0.2, 0) is 9.53 Å². The van der Waals surface area contributed by atoms with Crippen molar-refractivity contribution in [3.63, 3.8) is 0 Å². The van der Waals surface area contributed by atoms with E-state index in [1.54, 1.807) is 0 Å². The van der Waals surface area contributed by atoms with Crippen LogP contribution in [0.3, 0.4) is 0 Å². The van der Waals surface area contributed by atoms with Crippen LogP contribution < -0.4 is 5.32 Å². The predicted octanol–water partition coefficient (Wildman–Crippen LogP) is 1.40. The van der Waals surface area contributed by atoms with Gasteiger partial charge >= 0.3 is 0 Å². The number of nitrogens with zero attached hydrogens (tertiary/aromatic N) is 1. The summed E-state index contributed by atoms with van der Waals surface area (Å²) in [4.78, 5) is 14.4. The van der Waals surface area contributed by atoms with Crippen molar-refractivity contribution in [1.29, 1.82) is 0 Å². The van der Waals surface area contributed by atoms with Crippen LogP contribution in [-0.4, -0.2) is 49.7 Å². The van der Waals surface area contributed by atoms with E-state index < -0.39 is 0 Å². The standard InChI is InChI=1S/C14H26N2O2/c1-11-6-7-13(15-2)14(17)16(9-11)10-12-5-3-4-8-18-12/h11-13,15H,3-10H2,1-2H3. The summed E-state index contributed by atoms with van der Waals surface area (Å²) in [7, 11) is 1.88. The minimum atomic E-state index is -0.00135. The van der Waals surface area contributed by atoms with Crippen molar-refractivity contribution >= 4 is 5.91 Å². The third-order valence-electron chi connectivity index (χ3n) is 4.14. The van der Waals surface area contributed by atoms with E-state index in [2.05, 4.69) is 12.2 Å². The molecule has 0 radical (unpaired) electrons. The fraction of sp³-hybridized carbons (Fsp3) is 0.929. The van der Waals surface area contributed by atoms with Crippen LogP contribution in [0.2, 0.25) is 0 Å². The third kappa shape index (κ3) is 3.45. The molecular formula is C14H26N2O2. The van der Waals surface area contributed by atoms with Gasteiger partial charge < -0.3 is 15.0 Å². The Kier molecular flexibility index (Phi) is 5.01. The molecule has 3 unspecified atom stereocenters. The SMILES string of the molecule is CNC1CCC(C)CN(CC2CCCCO2)C1=O. The lowest BCUT2D eigenvalue weighted by Gasteiger charge is -2.31. The second-order valence-corrected chi connectivity index (χ2v) is 5.76. The van der Waals surface area contributed by atoms with E-state index in [0.29, 0.717) is 5.92 Å². The zero-order chi connectivity index (χ0) is 13.0. The van der Waals surface area contributed by atoms with Crippen molar-refractivity contribution in [3.05, 3.63) is 0 Å². The van der Waals surface area contributed by atoms with E-state index in [1.165, 1.54) is 12.8 Å². The van der Waals surface area contributed by atoms with Gasteiger partial charge in [0.1, 0.15) is 0 Å². The highest BCUT2D eigenvalue weighted by molar-refractivity contribution is 5.82. The Morgan fingerprint density at radius 3 is 2.83 bits per heavy atom. The second kappa shape index (κ2) is 6.53. The Morgan fingerprint density at radius 1 is 1.33 bits per heavy atom. The largest absolute Gasteiger partial charge is 0.376 e. The zero-order valence-corrected chi connectivity index (χ0v) is 11.7. The Morgan fingerprint density at radius 2 is 2.17 bits per heavy atom. The summed E-state index contributed by atoms with van der Waals surface area (Å²) in [5, 5.41) is 3.15. The number of rotatable bonds is 3. The average molecular weight is 254 g/mol. The van der Waals surface area contributed by atoms with Crippen LogP contribution in [0.25, 0.3) is 0 Å². The molecule has 2 aliphatic heterocycles. The van der Waals surface area contributed by atoms with Gasteiger partial charge in [-0.25, -0.2) is 0 Å². The number of ether oxygens (including phenoxy) is 1. The molecule has 0 aromatic rings. The molecule has 1 N–H and O–H groups in total. The van der Waals surface area contributed by atoms with Crippen molar-refractivity contribution < 1.29 is 9.53 Å². The third-order valence-corrected chi connectivity index (χ3v) is 4.14. The van der Waals surface area contributed by atoms with Crippen LogP contribution in [0.1, 0.15) is 39.0 Å². The first kappa shape index (κ1) is 13.8. The Bertz CT molecular complexity index is 277. The molecule has 4 heteroatoms. The van der Waals surface area contributed by atoms with Crippen molar-refractivity contribution in [2.45, 2.75) is 51.2 Å². The van der Waals surface area contributed by atoms with Gasteiger partial charge in [-0.2, -0.15) is 0 Å². The number of nitrogens with one attached hydrogen (secondary N) is 1. The summed E-state index contributed by atoms with van der Waals surface area (Å²) in [5.41, 5.74) is 0. The Labute approximate surface area is 110 Å². The van der Waals surface area contributed by atoms with Gasteiger partial charge in [-0.15, -0.1) is 0 Å². The molecule has 1 amide bonds. The fourth-order valence-corrected chi connectivity index (χ4v) is 2.98. The van der Waals surface area contributed by atoms with E-state index in [-0.39, 0.29) is 18.1 Å². The lowest BCUT2D eigenvalue weighted by atomic mass is 10.0. The van der Waals surface area contributed by atoms with Gasteiger partial charge in [0.25, 0.3) is 0 Å². The predicted molar refractivity (Wildman–Crippen MR) is 71.4 cm³/mol. The highest BCUT2D eigenvalue weighted by Gasteiger charge is 2.30. The molecule has 2 fully saturated rings. The number of likely N-dealkylation sites (N-methyl/N-ethyl adjacent to an activating group) is 1. The van der Waals surface area contributed by atoms with Gasteiger partial charge in [0.15, 0.2) is 0 Å². The monoisotopic (exact) mass is 254 g/mol. The minimum Gasteiger partial charge on any atom is -0.376 e. The summed E-state index contributed by atoms with van der Waals surface area (Å²) in [6, 6.07) is -0.00135. The van der Waals surface area contributed by atoms with E-state index in [9.17, 15) is 4.79 Å². The first-order chi connectivity index (χ1) is 8.70. The minimum absolute atomic E-state index is 0.00135. The summed E-state index contributed by atoms with van der Waals surface area (Å²) in [6.45, 7) is 4.76. The van der Waals surface area contributed by atoms with Gasteiger partial charge in [-0.3, -0.25) is 4.79 Å². The molecule has 18 heavy (non-hydrogen) atoms. The number of amides is 1. The first-order valence-corrected chi connectivity index (χ1v) is 7.28. The molecule has 4 nitrogen and oxygen atoms in total. The molecule has 0 saturated carbocycles. The van der Waals surface area contributed by atoms with Gasteiger partial charge in [-0.1, -0.05) is 6.92 Å². The van der Waals surface area contributed by atoms with E-state index in [1.807, 2.05) is 11.9 Å². The average Bonchev–Trinajstić information content (AvgIpc) is 2.51. The zero-order valence-electron chi connectivity index (χ0n) is 11.7. The van der Waals surface area contributed by atoms with Gasteiger partial charge in [-0.05, 0) is 45.1 Å². The highest BCUT2D eigenvalue weighted by Crippen LogP contribution is 2.20. The molecule has 0 aromatic carbocycles. The summed E-state index contributed by atoms with van der Waals surface area (Å²) < 4.78 is 5.76. The van der Waals surface area contributed by atoms with E-state index in [0.717, 1.165) is 39.0 Å². The van der Waals surface area contributed by atoms with Gasteiger partial charge in [0.05, 0.1) is 12.1 Å². The van der Waals surface area contributed by atoms with Crippen molar-refractivity contribution in [3.8, 4) is 0 Å². The maximum Gasteiger partial charge on any atom is 0.239 e. The quantitative estimate of drug-likeness (QED) is 0.828. The normalized spacial score (nSPS) is 34.4. The molecule has 0 spiro atoms. The van der Waals surface area contributed by atoms with Crippen LogP contribution in [0.4, 0.5) is 0 Å². The molecule has 2 heterocycles. The topological polar surface area (TPSA) is 41.6 Å². The molecule has 3 atom stereocenters. The van der Waals surface area contributed by atoms with E-state index in [4.69, 9.17) is 4.74 Å². The number of likely N-dealkylation sites (tertiary alicyclic amines) is 1. The maximum atomic E-state index is 12.4. The van der Waals surface area contributed by atoms with Crippen molar-refractivity contribution in [1.82, 2.24) is 10.2 Å². The molecule has 0 aromatic heterocycles. The van der Waals surface area contributed by atoms with Crippen LogP contribution in [0, 0.1) is 5.92 Å². The Balaban J connectivity index is 1.96. The molecule has 0 aliphatic carbocycles. The molecule has 0 bridgehead atoms. The lowest BCUT2D eigenvalue weighted by Crippen LogP contribution is -2.47. The molecular weight excluding hydrogens is 228 g/mol. The first-order valence-electron chi connectivity index (χ1n) is 7.28. The second-order valence-electron chi connectivity index (χ2n) is 5.76. The van der Waals surface area contributed by atoms with Crippen molar-refractivity contribution in [2.24, 2.45) is 5.92 Å². The van der Waals surface area contributed by atoms with Crippen LogP contribution >= 0.6 is 0 Å². The Hall–Kier alpha value is -0.610. The smallest absolute Gasteiger partial charge is 0.239 e. The molecule has 2 rings (SSSR count). The van der Waals surface area contributed by atoms with Crippen LogP contribution in [0.15, 0.2) is 0 Å². The molecule has 2 aliphatic rings. The lowest BCUT2D eigenvalue weighted by molar-refractivity contribution is -0.135. The maximum absolute atomic E-state index is 12.4. The van der Waals surface area contributed by atoms with E-state index >= 15 is 0 Å². The summed E-state index contributed by atoms with van der Waals surface area (Å²) in [5.74, 6) is 0.854. The summed E-state index contributed by atoms with van der Waals surface area (Å²) in [6.07, 6.45) is 5.84. The molecule has 104 valence electrons. The van der Waals surface area contributed by atoms with Crippen LogP contribution in [0.5, 0.6) is 0 Å². The fourth-order valence-electron chi connectivity index (χ4n) is 2.98. The number of carbonyl (C=O) groups is 1.